The molecule has 0 bridgehead atoms. The maximum absolute atomic E-state index is 11.7. The molecule has 1 aromatic heterocycles. The molecule has 1 aromatic carbocycles. The molecule has 1 aliphatic rings. The number of aromatic nitrogens is 2. The van der Waals surface area contributed by atoms with Crippen LogP contribution in [0.3, 0.4) is 0 Å². The van der Waals surface area contributed by atoms with E-state index in [9.17, 15) is 10.1 Å². The molecule has 0 aliphatic carbocycles. The Morgan fingerprint density at radius 2 is 2.00 bits per heavy atom. The van der Waals surface area contributed by atoms with E-state index in [4.69, 9.17) is 11.6 Å². The summed E-state index contributed by atoms with van der Waals surface area (Å²) in [7, 11) is 0. The molecule has 0 radical (unpaired) electrons. The molecule has 26 heavy (non-hydrogen) atoms. The number of halogens is 1. The van der Waals surface area contributed by atoms with E-state index in [1.54, 1.807) is 6.07 Å². The first-order chi connectivity index (χ1) is 12.5. The van der Waals surface area contributed by atoms with Crippen molar-refractivity contribution in [3.63, 3.8) is 0 Å². The lowest BCUT2D eigenvalue weighted by atomic mass is 10.2. The van der Waals surface area contributed by atoms with Gasteiger partial charge in [0.15, 0.2) is 0 Å². The highest BCUT2D eigenvalue weighted by Gasteiger charge is 2.29. The van der Waals surface area contributed by atoms with Gasteiger partial charge in [-0.3, -0.25) is 10.1 Å². The molecule has 0 spiro atoms. The predicted octanol–water partition coefficient (Wildman–Crippen LogP) is 3.23. The maximum Gasteiger partial charge on any atom is 0.353 e. The second-order valence-corrected chi connectivity index (χ2v) is 6.57. The highest BCUT2D eigenvalue weighted by atomic mass is 35.5. The van der Waals surface area contributed by atoms with E-state index < -0.39 is 4.92 Å². The molecule has 0 atom stereocenters. The van der Waals surface area contributed by atoms with Gasteiger partial charge in [-0.2, -0.15) is 0 Å². The standard InChI is InChI=1S/C17H21ClN6O2/c1-3-22-6-8-23(9-7-22)17-15(24(25)26)16(19-11-20-17)21-13-5-4-12(2)14(18)10-13/h4-5,10-11H,3,6-9H2,1-2H3,(H,19,20,21). The number of nitro groups is 1. The van der Waals surface area contributed by atoms with E-state index in [2.05, 4.69) is 27.1 Å². The second-order valence-electron chi connectivity index (χ2n) is 6.16. The third kappa shape index (κ3) is 3.86. The Hall–Kier alpha value is -2.45. The van der Waals surface area contributed by atoms with Gasteiger partial charge >= 0.3 is 5.69 Å². The number of nitrogens with one attached hydrogen (secondary N) is 1. The Morgan fingerprint density at radius 3 is 2.62 bits per heavy atom. The van der Waals surface area contributed by atoms with Crippen LogP contribution in [0.25, 0.3) is 0 Å². The van der Waals surface area contributed by atoms with Crippen molar-refractivity contribution in [1.29, 1.82) is 0 Å². The summed E-state index contributed by atoms with van der Waals surface area (Å²) in [5, 5.41) is 15.3. The molecule has 9 heteroatoms. The van der Waals surface area contributed by atoms with Crippen molar-refractivity contribution in [3.8, 4) is 0 Å². The lowest BCUT2D eigenvalue weighted by molar-refractivity contribution is -0.383. The number of hydrogen-bond acceptors (Lipinski definition) is 7. The lowest BCUT2D eigenvalue weighted by Gasteiger charge is -2.34. The van der Waals surface area contributed by atoms with Crippen molar-refractivity contribution >= 4 is 34.6 Å². The molecule has 0 amide bonds. The minimum atomic E-state index is -0.431. The molecule has 1 N–H and O–H groups in total. The molecule has 3 rings (SSSR count). The van der Waals surface area contributed by atoms with Gasteiger partial charge in [0.2, 0.25) is 11.6 Å². The zero-order valence-electron chi connectivity index (χ0n) is 14.8. The van der Waals surface area contributed by atoms with Crippen molar-refractivity contribution in [1.82, 2.24) is 14.9 Å². The zero-order valence-corrected chi connectivity index (χ0v) is 15.5. The molecule has 1 aliphatic heterocycles. The minimum Gasteiger partial charge on any atom is -0.348 e. The number of rotatable bonds is 5. The molecule has 2 heterocycles. The van der Waals surface area contributed by atoms with Crippen molar-refractivity contribution < 1.29 is 4.92 Å². The van der Waals surface area contributed by atoms with E-state index in [0.29, 0.717) is 29.6 Å². The van der Waals surface area contributed by atoms with Crippen molar-refractivity contribution in [2.75, 3.05) is 42.9 Å². The van der Waals surface area contributed by atoms with Crippen molar-refractivity contribution in [2.24, 2.45) is 0 Å². The van der Waals surface area contributed by atoms with Gasteiger partial charge in [-0.1, -0.05) is 24.6 Å². The third-order valence-electron chi connectivity index (χ3n) is 4.54. The fraction of sp³-hybridized carbons (Fsp3) is 0.412. The number of hydrogen-bond donors (Lipinski definition) is 1. The molecule has 2 aromatic rings. The molecule has 8 nitrogen and oxygen atoms in total. The Labute approximate surface area is 157 Å². The smallest absolute Gasteiger partial charge is 0.348 e. The molecular weight excluding hydrogens is 356 g/mol. The fourth-order valence-electron chi connectivity index (χ4n) is 2.94. The van der Waals surface area contributed by atoms with Crippen LogP contribution < -0.4 is 10.2 Å². The van der Waals surface area contributed by atoms with Crippen molar-refractivity contribution in [3.05, 3.63) is 45.2 Å². The number of likely N-dealkylation sites (N-methyl/N-ethyl adjacent to an activating group) is 1. The SMILES string of the molecule is CCN1CCN(c2ncnc(Nc3ccc(C)c(Cl)c3)c2[N+](=O)[O-])CC1. The lowest BCUT2D eigenvalue weighted by Crippen LogP contribution is -2.46. The van der Waals surface area contributed by atoms with Crippen LogP contribution in [0.2, 0.25) is 5.02 Å². The van der Waals surface area contributed by atoms with E-state index in [0.717, 1.165) is 25.2 Å². The van der Waals surface area contributed by atoms with E-state index in [-0.39, 0.29) is 11.5 Å². The summed E-state index contributed by atoms with van der Waals surface area (Å²) >= 11 is 6.14. The Kier molecular flexibility index (Phi) is 5.53. The summed E-state index contributed by atoms with van der Waals surface area (Å²) in [4.78, 5) is 23.8. The van der Waals surface area contributed by atoms with Crippen LogP contribution in [0.1, 0.15) is 12.5 Å². The van der Waals surface area contributed by atoms with Crippen LogP contribution in [0.4, 0.5) is 23.0 Å². The maximum atomic E-state index is 11.7. The van der Waals surface area contributed by atoms with Gasteiger partial charge in [0, 0.05) is 36.9 Å². The third-order valence-corrected chi connectivity index (χ3v) is 4.95. The van der Waals surface area contributed by atoms with Gasteiger partial charge in [-0.15, -0.1) is 0 Å². The normalized spacial score (nSPS) is 15.1. The highest BCUT2D eigenvalue weighted by Crippen LogP contribution is 2.34. The Bertz CT molecular complexity index is 808. The van der Waals surface area contributed by atoms with Crippen LogP contribution in [0, 0.1) is 17.0 Å². The largest absolute Gasteiger partial charge is 0.353 e. The number of nitrogens with zero attached hydrogens (tertiary/aromatic N) is 5. The average molecular weight is 377 g/mol. The molecule has 138 valence electrons. The molecule has 0 unspecified atom stereocenters. The molecule has 1 fully saturated rings. The summed E-state index contributed by atoms with van der Waals surface area (Å²) in [5.74, 6) is 0.513. The van der Waals surface area contributed by atoms with Gasteiger partial charge in [-0.25, -0.2) is 9.97 Å². The quantitative estimate of drug-likeness (QED) is 0.633. The van der Waals surface area contributed by atoms with Crippen LogP contribution in [-0.2, 0) is 0 Å². The fourth-order valence-corrected chi connectivity index (χ4v) is 3.12. The average Bonchev–Trinajstić information content (AvgIpc) is 2.64. The molecular formula is C17H21ClN6O2. The minimum absolute atomic E-state index is 0.117. The summed E-state index contributed by atoms with van der Waals surface area (Å²) in [6, 6.07) is 5.39. The predicted molar refractivity (Wildman–Crippen MR) is 102 cm³/mol. The first-order valence-electron chi connectivity index (χ1n) is 8.49. The summed E-state index contributed by atoms with van der Waals surface area (Å²) in [6.45, 7) is 8.08. The second kappa shape index (κ2) is 7.84. The van der Waals surface area contributed by atoms with E-state index in [1.807, 2.05) is 24.0 Å². The van der Waals surface area contributed by atoms with Gasteiger partial charge in [0.1, 0.15) is 6.33 Å². The summed E-state index contributed by atoms with van der Waals surface area (Å²) < 4.78 is 0. The number of aryl methyl sites for hydroxylation is 1. The Balaban J connectivity index is 1.91. The zero-order chi connectivity index (χ0) is 18.7. The summed E-state index contributed by atoms with van der Waals surface area (Å²) in [5.41, 5.74) is 1.46. The first-order valence-corrected chi connectivity index (χ1v) is 8.87. The monoisotopic (exact) mass is 376 g/mol. The number of piperazine rings is 1. The number of benzene rings is 1. The highest BCUT2D eigenvalue weighted by molar-refractivity contribution is 6.31. The van der Waals surface area contributed by atoms with Crippen LogP contribution in [-0.4, -0.2) is 52.5 Å². The van der Waals surface area contributed by atoms with Gasteiger partial charge in [-0.05, 0) is 31.2 Å². The van der Waals surface area contributed by atoms with Gasteiger partial charge < -0.3 is 15.1 Å². The van der Waals surface area contributed by atoms with E-state index in [1.165, 1.54) is 6.33 Å². The summed E-state index contributed by atoms with van der Waals surface area (Å²) in [6.07, 6.45) is 1.35. The van der Waals surface area contributed by atoms with Crippen molar-refractivity contribution in [2.45, 2.75) is 13.8 Å². The molecule has 1 saturated heterocycles. The van der Waals surface area contributed by atoms with E-state index >= 15 is 0 Å². The Morgan fingerprint density at radius 1 is 1.27 bits per heavy atom. The number of anilines is 3. The van der Waals surface area contributed by atoms with Crippen LogP contribution >= 0.6 is 11.6 Å². The van der Waals surface area contributed by atoms with Gasteiger partial charge in [0.05, 0.1) is 4.92 Å². The first kappa shape index (κ1) is 18.3. The van der Waals surface area contributed by atoms with Gasteiger partial charge in [0.25, 0.3) is 0 Å². The van der Waals surface area contributed by atoms with Crippen LogP contribution in [0.15, 0.2) is 24.5 Å². The topological polar surface area (TPSA) is 87.4 Å². The molecule has 0 saturated carbocycles. The van der Waals surface area contributed by atoms with Crippen LogP contribution in [0.5, 0.6) is 0 Å².